The molecule has 0 saturated carbocycles. The number of halogens is 3. The minimum absolute atomic E-state index is 0.201. The number of amides is 1. The van der Waals surface area contributed by atoms with E-state index in [-0.39, 0.29) is 5.92 Å². The van der Waals surface area contributed by atoms with Gasteiger partial charge in [-0.3, -0.25) is 15.6 Å². The molecule has 2 aromatic rings. The number of likely N-dealkylation sites (tertiary alicyclic amines) is 1. The highest BCUT2D eigenvalue weighted by Crippen LogP contribution is 2.46. The summed E-state index contributed by atoms with van der Waals surface area (Å²) in [6.45, 7) is 3.57. The summed E-state index contributed by atoms with van der Waals surface area (Å²) in [6.07, 6.45) is 8.55. The van der Waals surface area contributed by atoms with Crippen LogP contribution in [0.25, 0.3) is 0 Å². The van der Waals surface area contributed by atoms with E-state index < -0.39 is 0 Å². The summed E-state index contributed by atoms with van der Waals surface area (Å²) in [7, 11) is 0. The van der Waals surface area contributed by atoms with Crippen molar-refractivity contribution in [2.24, 2.45) is 17.7 Å². The van der Waals surface area contributed by atoms with Crippen molar-refractivity contribution in [1.82, 2.24) is 19.0 Å². The molecule has 0 radical (unpaired) electrons. The molecule has 194 valence electrons. The van der Waals surface area contributed by atoms with Crippen LogP contribution in [0.15, 0.2) is 33.3 Å². The van der Waals surface area contributed by atoms with Gasteiger partial charge >= 0.3 is 0 Å². The van der Waals surface area contributed by atoms with Crippen LogP contribution in [0.1, 0.15) is 60.4 Å². The molecule has 0 bridgehead atoms. The second kappa shape index (κ2) is 12.0. The Morgan fingerprint density at radius 2 is 1.81 bits per heavy atom. The molecule has 10 heteroatoms. The highest BCUT2D eigenvalue weighted by Gasteiger charge is 2.36. The van der Waals surface area contributed by atoms with Crippen LogP contribution >= 0.6 is 55.6 Å². The number of piperidine rings is 2. The topological polar surface area (TPSA) is 74.5 Å². The van der Waals surface area contributed by atoms with E-state index in [1.54, 1.807) is 0 Å². The van der Waals surface area contributed by atoms with Crippen molar-refractivity contribution in [3.63, 3.8) is 0 Å². The van der Waals surface area contributed by atoms with Crippen LogP contribution in [-0.2, 0) is 17.6 Å². The number of hydrazine groups is 1. The monoisotopic (exact) mass is 655 g/mol. The number of nitrogens with one attached hydrogen (secondary N) is 1. The zero-order chi connectivity index (χ0) is 25.2. The predicted molar refractivity (Wildman–Crippen MR) is 153 cm³/mol. The number of nitrogens with zero attached hydrogens (tertiary/aromatic N) is 3. The molecule has 2 saturated heterocycles. The average Bonchev–Trinajstić information content (AvgIpc) is 3.02. The van der Waals surface area contributed by atoms with Crippen LogP contribution in [0, 0.1) is 11.8 Å². The molecule has 1 unspecified atom stereocenters. The van der Waals surface area contributed by atoms with Crippen molar-refractivity contribution < 1.29 is 4.79 Å². The molecule has 1 atom stereocenters. The quantitative estimate of drug-likeness (QED) is 0.239. The number of aryl methyl sites for hydroxylation is 2. The number of fused-ring (bicyclic) bond motifs is 2. The number of nitrogens with two attached hydrogens (primary N) is 1. The first kappa shape index (κ1) is 26.9. The first-order valence-corrected chi connectivity index (χ1v) is 15.4. The van der Waals surface area contributed by atoms with Crippen LogP contribution in [-0.4, -0.2) is 46.3 Å². The highest BCUT2D eigenvalue weighted by molar-refractivity contribution is 9.10. The second-order valence-corrected chi connectivity index (χ2v) is 13.3. The van der Waals surface area contributed by atoms with Gasteiger partial charge in [-0.15, -0.1) is 0 Å². The smallest absolute Gasteiger partial charge is 0.222 e. The summed E-state index contributed by atoms with van der Waals surface area (Å²) in [6, 6.07) is 6.37. The standard InChI is InChI=1S/C26H32Br2ClN5OS/c27-20-12-19-2-1-18-13-21(29)14-22(28)24(18)25(26(19)31-15-20)17-5-7-33(8-6-17)23(35)11-16-3-9-34(10-4-16)36-32-30/h12-17,25,32H,1-11,30H2. The van der Waals surface area contributed by atoms with E-state index in [1.807, 2.05) is 12.3 Å². The van der Waals surface area contributed by atoms with Gasteiger partial charge in [0.25, 0.3) is 0 Å². The molecule has 2 aliphatic heterocycles. The summed E-state index contributed by atoms with van der Waals surface area (Å²) in [5.74, 6) is 6.83. The number of hydrogen-bond acceptors (Lipinski definition) is 6. The van der Waals surface area contributed by atoms with Crippen molar-refractivity contribution in [3.8, 4) is 0 Å². The summed E-state index contributed by atoms with van der Waals surface area (Å²) in [5.41, 5.74) is 5.12. The van der Waals surface area contributed by atoms with E-state index >= 15 is 0 Å². The number of pyridine rings is 1. The summed E-state index contributed by atoms with van der Waals surface area (Å²) in [5, 5.41) is 0.767. The van der Waals surface area contributed by atoms with E-state index in [2.05, 4.69) is 58.0 Å². The van der Waals surface area contributed by atoms with E-state index in [0.29, 0.717) is 24.2 Å². The van der Waals surface area contributed by atoms with Gasteiger partial charge in [0.15, 0.2) is 0 Å². The molecule has 1 aromatic carbocycles. The first-order chi connectivity index (χ1) is 17.4. The lowest BCUT2D eigenvalue weighted by atomic mass is 9.76. The van der Waals surface area contributed by atoms with Crippen molar-refractivity contribution in [3.05, 3.63) is 60.7 Å². The number of hydrogen-bond donors (Lipinski definition) is 2. The second-order valence-electron chi connectivity index (χ2n) is 10.1. The third-order valence-electron chi connectivity index (χ3n) is 8.00. The number of carbonyl (C=O) groups excluding carboxylic acids is 1. The molecule has 2 fully saturated rings. The van der Waals surface area contributed by atoms with Crippen LogP contribution < -0.4 is 10.7 Å². The molecular weight excluding hydrogens is 626 g/mol. The van der Waals surface area contributed by atoms with Gasteiger partial charge in [-0.1, -0.05) is 27.5 Å². The van der Waals surface area contributed by atoms with E-state index in [4.69, 9.17) is 22.4 Å². The summed E-state index contributed by atoms with van der Waals surface area (Å²) < 4.78 is 4.32. The van der Waals surface area contributed by atoms with E-state index in [1.165, 1.54) is 34.5 Å². The van der Waals surface area contributed by atoms with Gasteiger partial charge < -0.3 is 4.90 Å². The van der Waals surface area contributed by atoms with Crippen LogP contribution in [0.5, 0.6) is 0 Å². The van der Waals surface area contributed by atoms with Gasteiger partial charge in [0.1, 0.15) is 0 Å². The Morgan fingerprint density at radius 3 is 2.53 bits per heavy atom. The summed E-state index contributed by atoms with van der Waals surface area (Å²) >= 11 is 15.4. The van der Waals surface area contributed by atoms with Gasteiger partial charge in [0.05, 0.1) is 5.69 Å². The zero-order valence-electron chi connectivity index (χ0n) is 20.2. The minimum atomic E-state index is 0.201. The SMILES string of the molecule is NNSN1CCC(CC(=O)N2CCC(C3c4ncc(Br)cc4CCc4cc(Cl)cc(Br)c43)CC2)CC1. The highest BCUT2D eigenvalue weighted by atomic mass is 79.9. The fourth-order valence-corrected chi connectivity index (χ4v) is 8.21. The largest absolute Gasteiger partial charge is 0.343 e. The van der Waals surface area contributed by atoms with Gasteiger partial charge in [0, 0.05) is 70.8 Å². The lowest BCUT2D eigenvalue weighted by molar-refractivity contribution is -0.133. The Labute approximate surface area is 239 Å². The Balaban J connectivity index is 1.29. The molecule has 3 heterocycles. The molecule has 1 amide bonds. The molecule has 1 aliphatic carbocycles. The first-order valence-electron chi connectivity index (χ1n) is 12.7. The molecule has 6 nitrogen and oxygen atoms in total. The number of rotatable bonds is 5. The maximum Gasteiger partial charge on any atom is 0.222 e. The fraction of sp³-hybridized carbons (Fsp3) is 0.538. The fourth-order valence-electron chi connectivity index (χ4n) is 6.17. The van der Waals surface area contributed by atoms with Gasteiger partial charge in [-0.2, -0.15) is 4.83 Å². The predicted octanol–water partition coefficient (Wildman–Crippen LogP) is 5.86. The normalized spacial score (nSPS) is 21.7. The zero-order valence-corrected chi connectivity index (χ0v) is 24.9. The Hall–Kier alpha value is -0.680. The van der Waals surface area contributed by atoms with E-state index in [9.17, 15) is 4.79 Å². The van der Waals surface area contributed by atoms with Gasteiger partial charge in [-0.05, 0) is 101 Å². The summed E-state index contributed by atoms with van der Waals surface area (Å²) in [4.78, 5) is 22.9. The van der Waals surface area contributed by atoms with Crippen LogP contribution in [0.4, 0.5) is 0 Å². The average molecular weight is 658 g/mol. The Morgan fingerprint density at radius 1 is 1.08 bits per heavy atom. The van der Waals surface area contributed by atoms with Crippen molar-refractivity contribution in [1.29, 1.82) is 0 Å². The molecule has 1 aromatic heterocycles. The van der Waals surface area contributed by atoms with E-state index in [0.717, 1.165) is 78.7 Å². The Bertz CT molecular complexity index is 1110. The number of aromatic nitrogens is 1. The molecule has 5 rings (SSSR count). The lowest BCUT2D eigenvalue weighted by Crippen LogP contribution is -2.41. The van der Waals surface area contributed by atoms with Gasteiger partial charge in [0.2, 0.25) is 5.91 Å². The molecule has 3 N–H and O–H groups in total. The molecule has 0 spiro atoms. The van der Waals surface area contributed by atoms with Crippen molar-refractivity contribution in [2.75, 3.05) is 26.2 Å². The van der Waals surface area contributed by atoms with Crippen molar-refractivity contribution in [2.45, 2.75) is 50.9 Å². The minimum Gasteiger partial charge on any atom is -0.343 e. The molecule has 3 aliphatic rings. The maximum absolute atomic E-state index is 13.2. The molecular formula is C26H32Br2ClN5OS. The lowest BCUT2D eigenvalue weighted by Gasteiger charge is -2.38. The Kier molecular flexibility index (Phi) is 8.98. The maximum atomic E-state index is 13.2. The van der Waals surface area contributed by atoms with Crippen molar-refractivity contribution >= 4 is 61.5 Å². The third kappa shape index (κ3) is 5.98. The van der Waals surface area contributed by atoms with Crippen LogP contribution in [0.2, 0.25) is 5.02 Å². The van der Waals surface area contributed by atoms with Gasteiger partial charge in [-0.25, -0.2) is 4.31 Å². The van der Waals surface area contributed by atoms with Crippen LogP contribution in [0.3, 0.4) is 0 Å². The third-order valence-corrected chi connectivity index (χ3v) is 10.0. The number of carbonyl (C=O) groups is 1. The number of benzene rings is 1. The molecule has 36 heavy (non-hydrogen) atoms.